The van der Waals surface area contributed by atoms with Crippen LogP contribution in [-0.4, -0.2) is 27.8 Å². The monoisotopic (exact) mass is 420 g/mol. The number of ether oxygens (including phenoxy) is 1. The molecule has 0 unspecified atom stereocenters. The van der Waals surface area contributed by atoms with E-state index in [-0.39, 0.29) is 6.04 Å². The second-order valence-electron chi connectivity index (χ2n) is 7.56. The van der Waals surface area contributed by atoms with E-state index in [9.17, 15) is 0 Å². The minimum absolute atomic E-state index is 0.0136. The molecule has 0 amide bonds. The third-order valence-electron chi connectivity index (χ3n) is 5.36. The summed E-state index contributed by atoms with van der Waals surface area (Å²) in [6, 6.07) is 20.5. The van der Waals surface area contributed by atoms with Gasteiger partial charge in [-0.25, -0.2) is 4.98 Å². The lowest BCUT2D eigenvalue weighted by Crippen LogP contribution is -2.31. The molecule has 0 aliphatic heterocycles. The Kier molecular flexibility index (Phi) is 6.02. The topological polar surface area (TPSA) is 55.8 Å². The molecule has 0 fully saturated rings. The fourth-order valence-electron chi connectivity index (χ4n) is 3.88. The second kappa shape index (κ2) is 8.86. The van der Waals surface area contributed by atoms with Crippen LogP contribution in [0, 0.1) is 12.3 Å². The zero-order valence-corrected chi connectivity index (χ0v) is 17.9. The van der Waals surface area contributed by atoms with Crippen molar-refractivity contribution in [3.63, 3.8) is 0 Å². The van der Waals surface area contributed by atoms with E-state index in [0.29, 0.717) is 23.9 Å². The van der Waals surface area contributed by atoms with Crippen molar-refractivity contribution in [2.75, 3.05) is 13.7 Å². The number of imidazole rings is 1. The van der Waals surface area contributed by atoms with Gasteiger partial charge in [-0.3, -0.25) is 5.41 Å². The van der Waals surface area contributed by atoms with E-state index in [2.05, 4.69) is 52.9 Å². The molecule has 0 spiro atoms. The fraction of sp³-hybridized carbons (Fsp3) is 0.250. The molecule has 5 nitrogen and oxygen atoms in total. The third kappa shape index (κ3) is 4.18. The van der Waals surface area contributed by atoms with Crippen molar-refractivity contribution in [1.82, 2.24) is 14.1 Å². The van der Waals surface area contributed by atoms with Gasteiger partial charge in [0, 0.05) is 13.3 Å². The molecule has 0 aliphatic rings. The average Bonchev–Trinajstić information content (AvgIpc) is 3.02. The summed E-state index contributed by atoms with van der Waals surface area (Å²) in [5, 5.41) is 9.47. The van der Waals surface area contributed by atoms with Gasteiger partial charge in [0.05, 0.1) is 30.2 Å². The summed E-state index contributed by atoms with van der Waals surface area (Å²) in [7, 11) is 1.71. The summed E-state index contributed by atoms with van der Waals surface area (Å²) in [6.45, 7) is 3.17. The predicted molar refractivity (Wildman–Crippen MR) is 120 cm³/mol. The molecule has 2 heterocycles. The van der Waals surface area contributed by atoms with Crippen molar-refractivity contribution in [2.45, 2.75) is 25.9 Å². The lowest BCUT2D eigenvalue weighted by atomic mass is 10.0. The van der Waals surface area contributed by atoms with Crippen LogP contribution < -0.4 is 5.62 Å². The van der Waals surface area contributed by atoms with Gasteiger partial charge in [-0.2, -0.15) is 0 Å². The van der Waals surface area contributed by atoms with Crippen LogP contribution in [0.2, 0.25) is 5.15 Å². The Morgan fingerprint density at radius 1 is 1.00 bits per heavy atom. The lowest BCUT2D eigenvalue weighted by molar-refractivity contribution is 0.154. The number of nitrogens with one attached hydrogen (secondary N) is 1. The first kappa shape index (κ1) is 20.4. The van der Waals surface area contributed by atoms with Gasteiger partial charge in [-0.1, -0.05) is 59.6 Å². The molecule has 4 rings (SSSR count). The standard InChI is InChI=1S/C24H25ClN4O/c1-17-7-9-18(10-8-17)13-20(16-30-2)29-22-6-4-3-5-21(22)28(24(29)26)15-19-11-12-23(25)27-14-19/h3-12,14,20,26H,13,15-16H2,1-2H3/t20-/m0/s1. The van der Waals surface area contributed by atoms with Crippen LogP contribution in [-0.2, 0) is 17.7 Å². The van der Waals surface area contributed by atoms with Crippen molar-refractivity contribution >= 4 is 22.6 Å². The highest BCUT2D eigenvalue weighted by Crippen LogP contribution is 2.22. The molecular weight excluding hydrogens is 396 g/mol. The number of para-hydroxylation sites is 2. The molecule has 0 saturated heterocycles. The molecule has 4 aromatic rings. The number of nitrogens with zero attached hydrogens (tertiary/aromatic N) is 3. The molecule has 6 heteroatoms. The van der Waals surface area contributed by atoms with Gasteiger partial charge in [0.25, 0.3) is 0 Å². The van der Waals surface area contributed by atoms with Crippen LogP contribution >= 0.6 is 11.6 Å². The van der Waals surface area contributed by atoms with E-state index in [1.165, 1.54) is 11.1 Å². The van der Waals surface area contributed by atoms with Crippen molar-refractivity contribution in [3.05, 3.63) is 94.3 Å². The molecular formula is C24H25ClN4O. The molecule has 1 atom stereocenters. The summed E-state index contributed by atoms with van der Waals surface area (Å²) in [4.78, 5) is 4.18. The van der Waals surface area contributed by atoms with E-state index in [1.54, 1.807) is 19.4 Å². The third-order valence-corrected chi connectivity index (χ3v) is 5.58. The van der Waals surface area contributed by atoms with Gasteiger partial charge in [-0.15, -0.1) is 0 Å². The van der Waals surface area contributed by atoms with Crippen molar-refractivity contribution in [1.29, 1.82) is 5.41 Å². The predicted octanol–water partition coefficient (Wildman–Crippen LogP) is 4.76. The van der Waals surface area contributed by atoms with E-state index in [0.717, 1.165) is 23.0 Å². The quantitative estimate of drug-likeness (QED) is 0.438. The number of benzene rings is 2. The van der Waals surface area contributed by atoms with E-state index < -0.39 is 0 Å². The van der Waals surface area contributed by atoms with Crippen LogP contribution in [0.25, 0.3) is 11.0 Å². The number of pyridine rings is 1. The van der Waals surface area contributed by atoms with Crippen molar-refractivity contribution in [2.24, 2.45) is 0 Å². The summed E-state index contributed by atoms with van der Waals surface area (Å²) < 4.78 is 9.66. The molecule has 154 valence electrons. The number of hydrogen-bond acceptors (Lipinski definition) is 3. The summed E-state index contributed by atoms with van der Waals surface area (Å²) >= 11 is 5.94. The first-order chi connectivity index (χ1) is 14.6. The molecule has 1 N–H and O–H groups in total. The van der Waals surface area contributed by atoms with Crippen LogP contribution in [0.15, 0.2) is 66.9 Å². The SMILES string of the molecule is COC[C@H](Cc1ccc(C)cc1)n1c(=N)n(Cc2ccc(Cl)nc2)c2ccccc21. The number of hydrogen-bond donors (Lipinski definition) is 1. The van der Waals surface area contributed by atoms with Gasteiger partial charge in [0.2, 0.25) is 5.62 Å². The molecule has 0 saturated carbocycles. The molecule has 0 radical (unpaired) electrons. The largest absolute Gasteiger partial charge is 0.383 e. The molecule has 30 heavy (non-hydrogen) atoms. The molecule has 0 aliphatic carbocycles. The Morgan fingerprint density at radius 2 is 1.70 bits per heavy atom. The summed E-state index contributed by atoms with van der Waals surface area (Å²) in [5.74, 6) is 0. The number of aryl methyl sites for hydroxylation is 1. The minimum atomic E-state index is 0.0136. The average molecular weight is 421 g/mol. The van der Waals surface area contributed by atoms with E-state index in [4.69, 9.17) is 21.7 Å². The maximum atomic E-state index is 9.00. The Morgan fingerprint density at radius 3 is 2.37 bits per heavy atom. The van der Waals surface area contributed by atoms with Crippen molar-refractivity contribution < 1.29 is 4.74 Å². The van der Waals surface area contributed by atoms with Crippen LogP contribution in [0.1, 0.15) is 22.7 Å². The smallest absolute Gasteiger partial charge is 0.203 e. The number of halogens is 1. The Balaban J connectivity index is 1.78. The fourth-order valence-corrected chi connectivity index (χ4v) is 3.99. The van der Waals surface area contributed by atoms with Crippen molar-refractivity contribution in [3.8, 4) is 0 Å². The molecule has 0 bridgehead atoms. The number of aromatic nitrogens is 3. The van der Waals surface area contributed by atoms with Gasteiger partial charge in [0.1, 0.15) is 5.15 Å². The maximum absolute atomic E-state index is 9.00. The Hall–Kier alpha value is -2.89. The summed E-state index contributed by atoms with van der Waals surface area (Å²) in [6.07, 6.45) is 2.56. The van der Waals surface area contributed by atoms with Gasteiger partial charge in [0.15, 0.2) is 0 Å². The zero-order chi connectivity index (χ0) is 21.1. The summed E-state index contributed by atoms with van der Waals surface area (Å²) in [5.41, 5.74) is 5.96. The second-order valence-corrected chi connectivity index (χ2v) is 7.94. The number of rotatable bonds is 7. The zero-order valence-electron chi connectivity index (χ0n) is 17.2. The van der Waals surface area contributed by atoms with Gasteiger partial charge in [-0.05, 0) is 42.7 Å². The van der Waals surface area contributed by atoms with Gasteiger partial charge < -0.3 is 13.9 Å². The highest BCUT2D eigenvalue weighted by molar-refractivity contribution is 6.29. The van der Waals surface area contributed by atoms with Gasteiger partial charge >= 0.3 is 0 Å². The Bertz CT molecular complexity index is 1190. The van der Waals surface area contributed by atoms with E-state index >= 15 is 0 Å². The highest BCUT2D eigenvalue weighted by atomic mass is 35.5. The Labute approximate surface area is 181 Å². The van der Waals surface area contributed by atoms with Crippen LogP contribution in [0.3, 0.4) is 0 Å². The maximum Gasteiger partial charge on any atom is 0.203 e. The normalized spacial score (nSPS) is 12.4. The number of methoxy groups -OCH3 is 1. The van der Waals surface area contributed by atoms with E-state index in [1.807, 2.05) is 22.8 Å². The minimum Gasteiger partial charge on any atom is -0.383 e. The first-order valence-electron chi connectivity index (χ1n) is 9.96. The molecule has 2 aromatic carbocycles. The molecule has 2 aromatic heterocycles. The highest BCUT2D eigenvalue weighted by Gasteiger charge is 2.19. The van der Waals surface area contributed by atoms with Crippen LogP contribution in [0.4, 0.5) is 0 Å². The first-order valence-corrected chi connectivity index (χ1v) is 10.3. The number of fused-ring (bicyclic) bond motifs is 1. The lowest BCUT2D eigenvalue weighted by Gasteiger charge is -2.19. The van der Waals surface area contributed by atoms with Crippen LogP contribution in [0.5, 0.6) is 0 Å².